The van der Waals surface area contributed by atoms with Crippen molar-refractivity contribution >= 4 is 27.4 Å². The van der Waals surface area contributed by atoms with Crippen LogP contribution in [0, 0.1) is 0 Å². The molecule has 0 atom stereocenters. The molecular weight excluding hydrogens is 420 g/mol. The van der Waals surface area contributed by atoms with Crippen LogP contribution < -0.4 is 5.32 Å². The molecule has 0 aliphatic rings. The summed E-state index contributed by atoms with van der Waals surface area (Å²) in [5.74, 6) is -0.502. The van der Waals surface area contributed by atoms with E-state index in [9.17, 15) is 18.0 Å². The lowest BCUT2D eigenvalue weighted by molar-refractivity contribution is 0.0526. The van der Waals surface area contributed by atoms with Gasteiger partial charge >= 0.3 is 5.97 Å². The van der Waals surface area contributed by atoms with E-state index in [1.54, 1.807) is 43.3 Å². The molecule has 162 valence electrons. The van der Waals surface area contributed by atoms with Crippen molar-refractivity contribution in [1.29, 1.82) is 0 Å². The summed E-state index contributed by atoms with van der Waals surface area (Å²) >= 11 is 0. The topological polar surface area (TPSA) is 116 Å². The van der Waals surface area contributed by atoms with Crippen molar-refractivity contribution in [2.75, 3.05) is 17.7 Å². The van der Waals surface area contributed by atoms with E-state index in [-0.39, 0.29) is 22.9 Å². The first-order valence-electron chi connectivity index (χ1n) is 9.72. The summed E-state index contributed by atoms with van der Waals surface area (Å²) in [5, 5.41) is 6.45. The zero-order valence-corrected chi connectivity index (χ0v) is 17.9. The summed E-state index contributed by atoms with van der Waals surface area (Å²) in [6.07, 6.45) is 0.538. The second kappa shape index (κ2) is 9.57. The Morgan fingerprint density at radius 3 is 2.32 bits per heavy atom. The highest BCUT2D eigenvalue weighted by atomic mass is 32.2. The number of nitrogens with one attached hydrogen (secondary N) is 1. The van der Waals surface area contributed by atoms with Gasteiger partial charge in [0.2, 0.25) is 0 Å². The lowest BCUT2D eigenvalue weighted by atomic mass is 10.1. The molecular formula is C22H22N2O6S. The molecule has 1 heterocycles. The van der Waals surface area contributed by atoms with Crippen LogP contribution >= 0.6 is 0 Å². The molecule has 1 N–H and O–H groups in total. The fourth-order valence-corrected chi connectivity index (χ4v) is 4.15. The van der Waals surface area contributed by atoms with E-state index in [0.29, 0.717) is 29.0 Å². The minimum Gasteiger partial charge on any atom is -0.462 e. The third-order valence-electron chi connectivity index (χ3n) is 4.37. The average molecular weight is 442 g/mol. The summed E-state index contributed by atoms with van der Waals surface area (Å²) in [6, 6.07) is 14.0. The molecule has 1 amide bonds. The van der Waals surface area contributed by atoms with Crippen molar-refractivity contribution < 1.29 is 27.3 Å². The van der Waals surface area contributed by atoms with E-state index in [1.807, 2.05) is 6.92 Å². The number of rotatable bonds is 8. The van der Waals surface area contributed by atoms with E-state index in [2.05, 4.69) is 10.5 Å². The number of hydrogen-bond donors (Lipinski definition) is 1. The maximum absolute atomic E-state index is 12.4. The van der Waals surface area contributed by atoms with Crippen molar-refractivity contribution in [1.82, 2.24) is 5.16 Å². The monoisotopic (exact) mass is 442 g/mol. The highest BCUT2D eigenvalue weighted by Gasteiger charge is 2.17. The second-order valence-corrected chi connectivity index (χ2v) is 8.78. The van der Waals surface area contributed by atoms with Crippen LogP contribution in [-0.2, 0) is 14.6 Å². The Kier molecular flexibility index (Phi) is 6.86. The Labute approximate surface area is 180 Å². The molecule has 0 unspecified atom stereocenters. The normalized spacial score (nSPS) is 11.2. The van der Waals surface area contributed by atoms with E-state index in [1.165, 1.54) is 18.2 Å². The quantitative estimate of drug-likeness (QED) is 0.525. The van der Waals surface area contributed by atoms with Gasteiger partial charge in [-0.05, 0) is 61.9 Å². The first kappa shape index (κ1) is 22.2. The average Bonchev–Trinajstić information content (AvgIpc) is 3.25. The number of carbonyl (C=O) groups excluding carboxylic acids is 2. The van der Waals surface area contributed by atoms with Crippen LogP contribution in [-0.4, -0.2) is 37.8 Å². The molecule has 9 heteroatoms. The Bertz CT molecular complexity index is 1170. The third-order valence-corrected chi connectivity index (χ3v) is 6.30. The number of anilines is 1. The van der Waals surface area contributed by atoms with Gasteiger partial charge in [0, 0.05) is 17.3 Å². The van der Waals surface area contributed by atoms with Crippen LogP contribution in [0.5, 0.6) is 0 Å². The van der Waals surface area contributed by atoms with Crippen molar-refractivity contribution in [2.24, 2.45) is 0 Å². The predicted octanol–water partition coefficient (Wildman–Crippen LogP) is 3.95. The Hall–Kier alpha value is -3.46. The number of benzene rings is 2. The number of carbonyl (C=O) groups is 2. The molecule has 2 aromatic carbocycles. The molecule has 0 aliphatic carbocycles. The maximum atomic E-state index is 12.4. The molecule has 0 saturated heterocycles. The Balaban J connectivity index is 1.69. The molecule has 0 aliphatic heterocycles. The van der Waals surface area contributed by atoms with Gasteiger partial charge in [-0.15, -0.1) is 0 Å². The van der Waals surface area contributed by atoms with Crippen molar-refractivity contribution in [2.45, 2.75) is 25.2 Å². The Morgan fingerprint density at radius 1 is 1.03 bits per heavy atom. The van der Waals surface area contributed by atoms with Crippen molar-refractivity contribution in [3.8, 4) is 11.3 Å². The minimum atomic E-state index is -3.30. The summed E-state index contributed by atoms with van der Waals surface area (Å²) in [6.45, 7) is 3.81. The SMILES string of the molecule is CCCS(=O)(=O)c1ccc(-c2cc(C(=O)Nc3ccc(C(=O)OCC)cc3)no2)cc1. The van der Waals surface area contributed by atoms with Gasteiger partial charge in [-0.1, -0.05) is 12.1 Å². The highest BCUT2D eigenvalue weighted by molar-refractivity contribution is 7.91. The number of amides is 1. The smallest absolute Gasteiger partial charge is 0.338 e. The van der Waals surface area contributed by atoms with Gasteiger partial charge in [0.15, 0.2) is 21.3 Å². The van der Waals surface area contributed by atoms with Crippen LogP contribution in [0.15, 0.2) is 64.0 Å². The van der Waals surface area contributed by atoms with Crippen molar-refractivity contribution in [3.63, 3.8) is 0 Å². The fraction of sp³-hybridized carbons (Fsp3) is 0.227. The molecule has 8 nitrogen and oxygen atoms in total. The van der Waals surface area contributed by atoms with Crippen LogP contribution in [0.3, 0.4) is 0 Å². The predicted molar refractivity (Wildman–Crippen MR) is 115 cm³/mol. The fourth-order valence-electron chi connectivity index (χ4n) is 2.83. The standard InChI is InChI=1S/C22H22N2O6S/c1-3-13-31(27,28)18-11-7-15(8-12-18)20-14-19(24-30-20)21(25)23-17-9-5-16(6-10-17)22(26)29-4-2/h5-12,14H,3-4,13H2,1-2H3,(H,23,25). The number of hydrogen-bond acceptors (Lipinski definition) is 7. The van der Waals surface area contributed by atoms with E-state index in [0.717, 1.165) is 0 Å². The molecule has 3 aromatic rings. The lowest BCUT2D eigenvalue weighted by Crippen LogP contribution is -2.12. The minimum absolute atomic E-state index is 0.0622. The zero-order chi connectivity index (χ0) is 22.4. The van der Waals surface area contributed by atoms with Gasteiger partial charge in [0.1, 0.15) is 0 Å². The zero-order valence-electron chi connectivity index (χ0n) is 17.1. The number of aromatic nitrogens is 1. The van der Waals surface area contributed by atoms with Crippen LogP contribution in [0.25, 0.3) is 11.3 Å². The molecule has 0 bridgehead atoms. The van der Waals surface area contributed by atoms with Gasteiger partial charge in [-0.2, -0.15) is 0 Å². The largest absolute Gasteiger partial charge is 0.462 e. The van der Waals surface area contributed by atoms with Crippen molar-refractivity contribution in [3.05, 3.63) is 65.9 Å². The first-order valence-corrected chi connectivity index (χ1v) is 11.4. The maximum Gasteiger partial charge on any atom is 0.338 e. The van der Waals surface area contributed by atoms with Gasteiger partial charge in [-0.25, -0.2) is 13.2 Å². The first-order chi connectivity index (χ1) is 14.8. The van der Waals surface area contributed by atoms with Crippen LogP contribution in [0.2, 0.25) is 0 Å². The number of ether oxygens (including phenoxy) is 1. The van der Waals surface area contributed by atoms with Gasteiger partial charge in [0.25, 0.3) is 5.91 Å². The lowest BCUT2D eigenvalue weighted by Gasteiger charge is -2.05. The van der Waals surface area contributed by atoms with Gasteiger partial charge in [-0.3, -0.25) is 4.79 Å². The molecule has 1 aromatic heterocycles. The third kappa shape index (κ3) is 5.37. The Morgan fingerprint density at radius 2 is 1.71 bits per heavy atom. The summed E-state index contributed by atoms with van der Waals surface area (Å²) in [5.41, 5.74) is 1.52. The van der Waals surface area contributed by atoms with E-state index in [4.69, 9.17) is 9.26 Å². The molecule has 0 saturated carbocycles. The number of sulfone groups is 1. The van der Waals surface area contributed by atoms with E-state index < -0.39 is 21.7 Å². The summed E-state index contributed by atoms with van der Waals surface area (Å²) in [7, 11) is -3.30. The number of nitrogens with zero attached hydrogens (tertiary/aromatic N) is 1. The molecule has 0 fully saturated rings. The van der Waals surface area contributed by atoms with E-state index >= 15 is 0 Å². The molecule has 31 heavy (non-hydrogen) atoms. The second-order valence-electron chi connectivity index (χ2n) is 6.67. The van der Waals surface area contributed by atoms with Crippen LogP contribution in [0.4, 0.5) is 5.69 Å². The van der Waals surface area contributed by atoms with Crippen LogP contribution in [0.1, 0.15) is 41.1 Å². The highest BCUT2D eigenvalue weighted by Crippen LogP contribution is 2.23. The van der Waals surface area contributed by atoms with Gasteiger partial charge in [0.05, 0.1) is 22.8 Å². The summed E-state index contributed by atoms with van der Waals surface area (Å²) < 4.78 is 34.4. The number of esters is 1. The summed E-state index contributed by atoms with van der Waals surface area (Å²) in [4.78, 5) is 24.4. The molecule has 0 spiro atoms. The molecule has 0 radical (unpaired) electrons. The van der Waals surface area contributed by atoms with Gasteiger partial charge < -0.3 is 14.6 Å². The molecule has 3 rings (SSSR count).